The standard InChI is InChI=1S/C13H21BrF4O2/c1-3-5-6-10(14)9-13(17,18)12(15,16)8-7-11(19)20-4-2/h10H,3-9H2,1-2H3. The molecule has 0 fully saturated rings. The Morgan fingerprint density at radius 3 is 2.30 bits per heavy atom. The van der Waals surface area contributed by atoms with Gasteiger partial charge in [-0.15, -0.1) is 0 Å². The summed E-state index contributed by atoms with van der Waals surface area (Å²) in [7, 11) is 0. The van der Waals surface area contributed by atoms with Gasteiger partial charge in [0.25, 0.3) is 0 Å². The summed E-state index contributed by atoms with van der Waals surface area (Å²) in [6.07, 6.45) is -0.930. The topological polar surface area (TPSA) is 26.3 Å². The third kappa shape index (κ3) is 6.90. The summed E-state index contributed by atoms with van der Waals surface area (Å²) in [5, 5.41) is 0. The summed E-state index contributed by atoms with van der Waals surface area (Å²) in [5.41, 5.74) is 0. The van der Waals surface area contributed by atoms with Gasteiger partial charge in [0.1, 0.15) is 0 Å². The molecule has 0 saturated carbocycles. The summed E-state index contributed by atoms with van der Waals surface area (Å²) in [5.74, 6) is -9.23. The van der Waals surface area contributed by atoms with Gasteiger partial charge in [-0.2, -0.15) is 17.6 Å². The number of unbranched alkanes of at least 4 members (excludes halogenated alkanes) is 1. The molecule has 7 heteroatoms. The molecule has 0 amide bonds. The zero-order valence-electron chi connectivity index (χ0n) is 11.7. The van der Waals surface area contributed by atoms with Crippen molar-refractivity contribution in [3.63, 3.8) is 0 Å². The molecular formula is C13H21BrF4O2. The number of hydrogen-bond donors (Lipinski definition) is 0. The lowest BCUT2D eigenvalue weighted by atomic mass is 9.99. The predicted octanol–water partition coefficient (Wildman–Crippen LogP) is 4.94. The molecule has 0 saturated heterocycles. The molecule has 0 heterocycles. The van der Waals surface area contributed by atoms with E-state index < -0.39 is 41.9 Å². The average molecular weight is 365 g/mol. The Balaban J connectivity index is 4.43. The maximum Gasteiger partial charge on any atom is 0.311 e. The molecule has 0 N–H and O–H groups in total. The monoisotopic (exact) mass is 364 g/mol. The lowest BCUT2D eigenvalue weighted by Crippen LogP contribution is -2.42. The Hall–Kier alpha value is -0.330. The molecule has 0 spiro atoms. The minimum Gasteiger partial charge on any atom is -0.466 e. The molecule has 0 aliphatic heterocycles. The molecular weight excluding hydrogens is 344 g/mol. The van der Waals surface area contributed by atoms with E-state index in [1.165, 1.54) is 6.92 Å². The molecule has 0 bridgehead atoms. The Bertz CT molecular complexity index is 298. The number of carbonyl (C=O) groups excluding carboxylic acids is 1. The van der Waals surface area contributed by atoms with E-state index in [9.17, 15) is 22.4 Å². The highest BCUT2D eigenvalue weighted by atomic mass is 79.9. The van der Waals surface area contributed by atoms with E-state index in [4.69, 9.17) is 0 Å². The Labute approximate surface area is 125 Å². The van der Waals surface area contributed by atoms with Crippen molar-refractivity contribution in [2.45, 2.75) is 69.0 Å². The van der Waals surface area contributed by atoms with E-state index in [2.05, 4.69) is 20.7 Å². The van der Waals surface area contributed by atoms with Crippen LogP contribution >= 0.6 is 15.9 Å². The van der Waals surface area contributed by atoms with Gasteiger partial charge < -0.3 is 4.74 Å². The van der Waals surface area contributed by atoms with Crippen LogP contribution in [-0.4, -0.2) is 29.2 Å². The van der Waals surface area contributed by atoms with Crippen LogP contribution < -0.4 is 0 Å². The van der Waals surface area contributed by atoms with Crippen LogP contribution in [0.3, 0.4) is 0 Å². The van der Waals surface area contributed by atoms with Gasteiger partial charge in [0.05, 0.1) is 13.0 Å². The molecule has 2 nitrogen and oxygen atoms in total. The van der Waals surface area contributed by atoms with Crippen LogP contribution in [0.5, 0.6) is 0 Å². The number of halogens is 5. The second-order valence-corrected chi connectivity index (χ2v) is 5.95. The zero-order valence-corrected chi connectivity index (χ0v) is 13.3. The van der Waals surface area contributed by atoms with Crippen molar-refractivity contribution in [2.75, 3.05) is 6.61 Å². The lowest BCUT2D eigenvalue weighted by Gasteiger charge is -2.28. The number of ether oxygens (including phenoxy) is 1. The van der Waals surface area contributed by atoms with Crippen molar-refractivity contribution >= 4 is 21.9 Å². The molecule has 1 unspecified atom stereocenters. The first-order chi connectivity index (χ1) is 9.16. The highest BCUT2D eigenvalue weighted by Crippen LogP contribution is 2.42. The van der Waals surface area contributed by atoms with E-state index in [1.54, 1.807) is 0 Å². The number of rotatable bonds is 10. The SMILES string of the molecule is CCCCC(Br)CC(F)(F)C(F)(F)CCC(=O)OCC. The molecule has 120 valence electrons. The third-order valence-electron chi connectivity index (χ3n) is 2.83. The van der Waals surface area contributed by atoms with Crippen LogP contribution in [0.2, 0.25) is 0 Å². The molecule has 20 heavy (non-hydrogen) atoms. The minimum absolute atomic E-state index is 0.0429. The Kier molecular flexibility index (Phi) is 8.70. The summed E-state index contributed by atoms with van der Waals surface area (Å²) >= 11 is 3.01. The number of alkyl halides is 5. The van der Waals surface area contributed by atoms with Gasteiger partial charge in [-0.05, 0) is 13.3 Å². The molecule has 0 aliphatic carbocycles. The molecule has 1 atom stereocenters. The molecule has 0 aromatic heterocycles. The van der Waals surface area contributed by atoms with E-state index in [1.807, 2.05) is 6.92 Å². The van der Waals surface area contributed by atoms with Gasteiger partial charge >= 0.3 is 17.8 Å². The van der Waals surface area contributed by atoms with Gasteiger partial charge in [-0.3, -0.25) is 4.79 Å². The van der Waals surface area contributed by atoms with Crippen LogP contribution in [0, 0.1) is 0 Å². The van der Waals surface area contributed by atoms with Crippen molar-refractivity contribution in [1.29, 1.82) is 0 Å². The Morgan fingerprint density at radius 2 is 1.80 bits per heavy atom. The van der Waals surface area contributed by atoms with Crippen LogP contribution in [0.4, 0.5) is 17.6 Å². The second kappa shape index (κ2) is 8.85. The van der Waals surface area contributed by atoms with Gasteiger partial charge in [0.15, 0.2) is 0 Å². The Morgan fingerprint density at radius 1 is 1.20 bits per heavy atom. The van der Waals surface area contributed by atoms with Crippen molar-refractivity contribution in [2.24, 2.45) is 0 Å². The lowest BCUT2D eigenvalue weighted by molar-refractivity contribution is -0.216. The van der Waals surface area contributed by atoms with E-state index in [0.29, 0.717) is 12.8 Å². The summed E-state index contributed by atoms with van der Waals surface area (Å²) < 4.78 is 58.6. The summed E-state index contributed by atoms with van der Waals surface area (Å²) in [6, 6.07) is 0. The maximum atomic E-state index is 13.6. The number of carbonyl (C=O) groups is 1. The second-order valence-electron chi connectivity index (χ2n) is 4.66. The first-order valence-corrected chi connectivity index (χ1v) is 7.63. The largest absolute Gasteiger partial charge is 0.466 e. The quantitative estimate of drug-likeness (QED) is 0.311. The fourth-order valence-electron chi connectivity index (χ4n) is 1.63. The van der Waals surface area contributed by atoms with Gasteiger partial charge in [-0.1, -0.05) is 35.7 Å². The van der Waals surface area contributed by atoms with Crippen LogP contribution in [0.25, 0.3) is 0 Å². The molecule has 0 aliphatic rings. The number of hydrogen-bond acceptors (Lipinski definition) is 2. The fraction of sp³-hybridized carbons (Fsp3) is 0.923. The van der Waals surface area contributed by atoms with E-state index >= 15 is 0 Å². The van der Waals surface area contributed by atoms with Gasteiger partial charge in [0.2, 0.25) is 0 Å². The highest BCUT2D eigenvalue weighted by molar-refractivity contribution is 9.09. The van der Waals surface area contributed by atoms with Crippen LogP contribution in [-0.2, 0) is 9.53 Å². The van der Waals surface area contributed by atoms with Gasteiger partial charge in [0, 0.05) is 17.7 Å². The van der Waals surface area contributed by atoms with Crippen molar-refractivity contribution in [3.8, 4) is 0 Å². The summed E-state index contributed by atoms with van der Waals surface area (Å²) in [4.78, 5) is 10.3. The molecule has 0 radical (unpaired) electrons. The normalized spacial score (nSPS) is 14.2. The molecule has 0 aromatic rings. The fourth-order valence-corrected chi connectivity index (χ4v) is 2.36. The molecule has 0 rings (SSSR count). The van der Waals surface area contributed by atoms with E-state index in [0.717, 1.165) is 6.42 Å². The number of esters is 1. The van der Waals surface area contributed by atoms with E-state index in [-0.39, 0.29) is 6.61 Å². The van der Waals surface area contributed by atoms with Gasteiger partial charge in [-0.25, -0.2) is 0 Å². The average Bonchev–Trinajstić information content (AvgIpc) is 2.33. The smallest absolute Gasteiger partial charge is 0.311 e. The third-order valence-corrected chi connectivity index (χ3v) is 3.61. The predicted molar refractivity (Wildman–Crippen MR) is 72.6 cm³/mol. The minimum atomic E-state index is -4.21. The molecule has 0 aromatic carbocycles. The van der Waals surface area contributed by atoms with Crippen molar-refractivity contribution in [3.05, 3.63) is 0 Å². The highest BCUT2D eigenvalue weighted by Gasteiger charge is 2.56. The maximum absolute atomic E-state index is 13.6. The zero-order chi connectivity index (χ0) is 15.8. The first-order valence-electron chi connectivity index (χ1n) is 6.71. The van der Waals surface area contributed by atoms with Crippen LogP contribution in [0.15, 0.2) is 0 Å². The summed E-state index contributed by atoms with van der Waals surface area (Å²) in [6.45, 7) is 3.46. The van der Waals surface area contributed by atoms with Crippen LogP contribution in [0.1, 0.15) is 52.4 Å². The van der Waals surface area contributed by atoms with Crippen molar-refractivity contribution in [1.82, 2.24) is 0 Å². The van der Waals surface area contributed by atoms with Crippen molar-refractivity contribution < 1.29 is 27.1 Å². The first kappa shape index (κ1) is 19.7.